The number of aromatic amines is 1. The maximum atomic E-state index is 12.3. The van der Waals surface area contributed by atoms with E-state index in [1.807, 2.05) is 0 Å². The molecular formula is C48H31Li3N13Na3O21S6. The number of nitrogens with two attached hydrogens (primary N) is 1. The fourth-order valence-corrected chi connectivity index (χ4v) is 12.6. The Morgan fingerprint density at radius 1 is 0.574 bits per heavy atom. The quantitative estimate of drug-likeness (QED) is 0.0133. The standard InChI is InChI=1S/C25H21N7O10S3.C23H16N6O11S3.3Li.3Na/c1-12-27-24(26)29-25(28-12)32(2)14-6-7-15-13(10-14)11-19(43-42-41-34)21(22(15)33)31-30-18-9-8-16-17(23(18)45(38,39)40)4-3-5-20(16)44(35,36)37;30-20-13-5-4-12(26-22-24-10-25-23(31)27-22)8-11(13)9-17(41-40-39-32)19(20)29-28-16-7-6-14-15(21(16)43(36,37)38)2-1-3-18(14)42(33,34)35;;;;;;/h3-11,33-34H,1-2H3,(H,35,36,37)(H,38,39,40)(H2,26,27,28,29);1-10,30,32H,(H,33,34,35)(H,36,37,38)(H2,24,25,26,27,31);;;;;;/q;;6*+1/p-6. The summed E-state index contributed by atoms with van der Waals surface area (Å²) in [6.07, 6.45) is 1.05. The number of azo groups is 2. The molecule has 2 heterocycles. The van der Waals surface area contributed by atoms with Crippen LogP contribution in [-0.4, -0.2) is 99.0 Å². The second kappa shape index (κ2) is 35.0. The number of phenolic OH excluding ortho intramolecular Hbond substituents is 2. The first-order chi connectivity index (χ1) is 41.5. The molecule has 0 aliphatic rings. The Kier molecular flexibility index (Phi) is 31.2. The van der Waals surface area contributed by atoms with Gasteiger partial charge in [-0.3, -0.25) is 15.1 Å². The Balaban J connectivity index is 0.000000461. The van der Waals surface area contributed by atoms with E-state index in [9.17, 15) is 77.4 Å². The van der Waals surface area contributed by atoms with Gasteiger partial charge >= 0.3 is 151 Å². The molecule has 0 atom stereocenters. The van der Waals surface area contributed by atoms with Crippen molar-refractivity contribution in [2.75, 3.05) is 23.0 Å². The van der Waals surface area contributed by atoms with Crippen molar-refractivity contribution in [3.05, 3.63) is 132 Å². The van der Waals surface area contributed by atoms with Crippen LogP contribution >= 0.6 is 24.1 Å². The molecule has 0 bridgehead atoms. The molecule has 10 aromatic rings. The number of nitrogen functional groups attached to an aromatic ring is 1. The number of anilines is 5. The number of phenols is 2. The molecule has 0 saturated carbocycles. The fourth-order valence-electron chi connectivity index (χ4n) is 8.56. The van der Waals surface area contributed by atoms with Crippen LogP contribution in [0.5, 0.6) is 11.5 Å². The molecule has 0 spiro atoms. The zero-order valence-electron chi connectivity index (χ0n) is 49.6. The summed E-state index contributed by atoms with van der Waals surface area (Å²) < 4.78 is 153. The van der Waals surface area contributed by atoms with Crippen LogP contribution in [0.15, 0.2) is 170 Å². The van der Waals surface area contributed by atoms with Gasteiger partial charge in [0.25, 0.3) is 0 Å². The van der Waals surface area contributed by atoms with E-state index in [2.05, 4.69) is 74.4 Å². The second-order valence-corrected chi connectivity index (χ2v) is 24.4. The number of H-pyrrole nitrogens is 1. The largest absolute Gasteiger partial charge is 1.00 e. The van der Waals surface area contributed by atoms with Gasteiger partial charge in [-0.1, -0.05) is 36.4 Å². The molecule has 0 radical (unpaired) electrons. The summed E-state index contributed by atoms with van der Waals surface area (Å²) in [5.74, 6) is -0.262. The van der Waals surface area contributed by atoms with Crippen LogP contribution in [0.1, 0.15) is 5.82 Å². The molecule has 2 aromatic heterocycles. The molecule has 456 valence electrons. The van der Waals surface area contributed by atoms with E-state index in [0.29, 0.717) is 52.1 Å². The maximum Gasteiger partial charge on any atom is 1.00 e. The second-order valence-electron chi connectivity index (χ2n) is 17.5. The summed E-state index contributed by atoms with van der Waals surface area (Å²) in [6.45, 7) is 1.65. The number of fused-ring (bicyclic) bond motifs is 4. The van der Waals surface area contributed by atoms with Gasteiger partial charge in [-0.05, 0) is 90.5 Å². The summed E-state index contributed by atoms with van der Waals surface area (Å²) in [4.78, 5) is 31.5. The van der Waals surface area contributed by atoms with Crippen molar-refractivity contribution in [3.8, 4) is 11.5 Å². The average molecular weight is 1410 g/mol. The maximum absolute atomic E-state index is 12.3. The van der Waals surface area contributed by atoms with E-state index in [0.717, 1.165) is 67.0 Å². The third-order valence-corrected chi connectivity index (χ3v) is 17.0. The first kappa shape index (κ1) is 83.9. The van der Waals surface area contributed by atoms with Crippen molar-refractivity contribution in [1.82, 2.24) is 29.9 Å². The predicted octanol–water partition coefficient (Wildman–Crippen LogP) is -12.6. The van der Waals surface area contributed by atoms with Crippen molar-refractivity contribution in [2.24, 2.45) is 20.5 Å². The molecule has 0 saturated heterocycles. The Labute approximate surface area is 641 Å². The molecule has 0 amide bonds. The monoisotopic (exact) mass is 1410 g/mol. The molecule has 0 unspecified atom stereocenters. The summed E-state index contributed by atoms with van der Waals surface area (Å²) >= 11 is 0.671. The van der Waals surface area contributed by atoms with Gasteiger partial charge in [0.2, 0.25) is 17.8 Å². The van der Waals surface area contributed by atoms with Crippen molar-refractivity contribution >= 4 is 160 Å². The number of aryl methyl sites for hydroxylation is 1. The number of aromatic hydroxyl groups is 2. The Morgan fingerprint density at radius 3 is 1.47 bits per heavy atom. The van der Waals surface area contributed by atoms with Crippen molar-refractivity contribution in [1.29, 1.82) is 0 Å². The van der Waals surface area contributed by atoms with Gasteiger partial charge in [0.1, 0.15) is 75.4 Å². The average Bonchev–Trinajstić information content (AvgIpc) is 0.773. The molecule has 6 N–H and O–H groups in total. The van der Waals surface area contributed by atoms with E-state index in [1.165, 1.54) is 36.4 Å². The van der Waals surface area contributed by atoms with Crippen LogP contribution in [0.25, 0.3) is 43.1 Å². The topological polar surface area (TPSA) is 540 Å². The van der Waals surface area contributed by atoms with Gasteiger partial charge in [-0.2, -0.15) is 28.6 Å². The van der Waals surface area contributed by atoms with Gasteiger partial charge in [0.15, 0.2) is 11.5 Å². The number of aromatic nitrogens is 6. The third-order valence-electron chi connectivity index (χ3n) is 12.1. The Hall–Kier alpha value is -4.29. The number of hydrogen-bond donors (Lipinski definition) is 5. The zero-order chi connectivity index (χ0) is 63.6. The zero-order valence-corrected chi connectivity index (χ0v) is 60.5. The minimum atomic E-state index is -5.32. The van der Waals surface area contributed by atoms with E-state index in [1.54, 1.807) is 31.0 Å². The summed E-state index contributed by atoms with van der Waals surface area (Å²) in [5.41, 5.74) is 4.35. The molecule has 94 heavy (non-hydrogen) atoms. The Bertz CT molecular complexity index is 5090. The third kappa shape index (κ3) is 19.5. The molecule has 0 aliphatic carbocycles. The number of hydrogen-bond acceptors (Lipinski definition) is 35. The van der Waals surface area contributed by atoms with Crippen LogP contribution in [0.4, 0.5) is 52.0 Å². The van der Waals surface area contributed by atoms with Crippen molar-refractivity contribution in [2.45, 2.75) is 36.3 Å². The van der Waals surface area contributed by atoms with Gasteiger partial charge in [-0.25, -0.2) is 43.4 Å². The SMILES string of the molecule is Cc1nc(N)nc(N(C)c2ccc3c(O)c(N=Nc4ccc5c(S(=O)(=O)[O-])cccc5c4S(=O)(=O)[O-])c(SOO[O-])cc3c2)n1.O=c1ncnc(Nc2ccc3c(O)c(N=Nc4ccc5c(S(=O)(=O)[O-])cccc5c4S(=O)(=O)[O-])c(SOO[O-])cc3c2)[nH]1.[Li+].[Li+].[Li+].[Na+].[Na+].[Na+]. The first-order valence-electron chi connectivity index (χ1n) is 23.6. The molecule has 0 fully saturated rings. The number of nitrogens with one attached hydrogen (secondary N) is 2. The summed E-state index contributed by atoms with van der Waals surface area (Å²) in [5, 5.41) is 68.3. The minimum absolute atomic E-state index is 0. The number of nitrogens with zero attached hydrogens (tertiary/aromatic N) is 10. The normalized spacial score (nSPS) is 11.6. The predicted molar refractivity (Wildman–Crippen MR) is 298 cm³/mol. The molecule has 8 aromatic carbocycles. The van der Waals surface area contributed by atoms with Crippen LogP contribution in [-0.2, 0) is 59.2 Å². The molecule has 0 aliphatic heterocycles. The van der Waals surface area contributed by atoms with E-state index in [-0.39, 0.29) is 211 Å². The molecule has 46 heteroatoms. The van der Waals surface area contributed by atoms with Crippen LogP contribution < -0.4 is 177 Å². The van der Waals surface area contributed by atoms with E-state index >= 15 is 0 Å². The van der Waals surface area contributed by atoms with Crippen LogP contribution in [0.3, 0.4) is 0 Å². The summed E-state index contributed by atoms with van der Waals surface area (Å²) in [7, 11) is -19.0. The van der Waals surface area contributed by atoms with Gasteiger partial charge in [-0.15, -0.1) is 20.5 Å². The van der Waals surface area contributed by atoms with Gasteiger partial charge in [0, 0.05) is 50.7 Å². The van der Waals surface area contributed by atoms with E-state index in [4.69, 9.17) is 5.73 Å². The fraction of sp³-hybridized carbons (Fsp3) is 0.0417. The van der Waals surface area contributed by atoms with Gasteiger partial charge in [0.05, 0.1) is 53.5 Å². The summed E-state index contributed by atoms with van der Waals surface area (Å²) in [6, 6.07) is 22.6. The van der Waals surface area contributed by atoms with E-state index < -0.39 is 94.0 Å². The smallest absolute Gasteiger partial charge is 0.744 e. The van der Waals surface area contributed by atoms with Crippen LogP contribution in [0, 0.1) is 6.92 Å². The first-order valence-corrected chi connectivity index (χ1v) is 30.7. The Morgan fingerprint density at radius 2 is 1.03 bits per heavy atom. The van der Waals surface area contributed by atoms with Gasteiger partial charge < -0.3 is 54.9 Å². The minimum Gasteiger partial charge on any atom is -0.744 e. The number of benzene rings is 8. The molecule has 10 rings (SSSR count). The molecule has 34 nitrogen and oxygen atoms in total. The van der Waals surface area contributed by atoms with Crippen LogP contribution in [0.2, 0.25) is 0 Å². The van der Waals surface area contributed by atoms with Crippen molar-refractivity contribution in [3.63, 3.8) is 0 Å². The number of rotatable bonds is 18. The molecular weight excluding hydrogens is 1380 g/mol. The van der Waals surface area contributed by atoms with Crippen molar-refractivity contribution < 1.29 is 237 Å².